The minimum absolute atomic E-state index is 0.00175. The van der Waals surface area contributed by atoms with Crippen molar-refractivity contribution in [3.63, 3.8) is 0 Å². The zero-order chi connectivity index (χ0) is 20.3. The number of sulfone groups is 1. The van der Waals surface area contributed by atoms with E-state index in [1.165, 1.54) is 0 Å². The predicted octanol–water partition coefficient (Wildman–Crippen LogP) is 5.27. The maximum Gasteiger partial charge on any atom is 0.211 e. The first-order valence-electron chi connectivity index (χ1n) is 9.88. The average molecular weight is 407 g/mol. The summed E-state index contributed by atoms with van der Waals surface area (Å²) in [6, 6.07) is 15.5. The molecule has 0 aliphatic heterocycles. The summed E-state index contributed by atoms with van der Waals surface area (Å²) in [7, 11) is -4.04. The quantitative estimate of drug-likeness (QED) is 0.581. The van der Waals surface area contributed by atoms with E-state index in [4.69, 9.17) is 0 Å². The van der Waals surface area contributed by atoms with Crippen molar-refractivity contribution in [1.29, 1.82) is 0 Å². The van der Waals surface area contributed by atoms with Crippen LogP contribution in [0.2, 0.25) is 0 Å². The molecule has 2 aliphatic rings. The van der Waals surface area contributed by atoms with Crippen molar-refractivity contribution in [1.82, 2.24) is 0 Å². The monoisotopic (exact) mass is 406 g/mol. The van der Waals surface area contributed by atoms with Gasteiger partial charge in [0.25, 0.3) is 0 Å². The van der Waals surface area contributed by atoms with E-state index in [0.717, 1.165) is 30.4 Å². The second kappa shape index (κ2) is 6.36. The highest BCUT2D eigenvalue weighted by Gasteiger charge is 2.45. The summed E-state index contributed by atoms with van der Waals surface area (Å²) in [6.45, 7) is 1.89. The molecule has 3 aromatic rings. The number of aromatic hydroxyl groups is 2. The van der Waals surface area contributed by atoms with E-state index in [-0.39, 0.29) is 38.7 Å². The van der Waals surface area contributed by atoms with Gasteiger partial charge in [0.05, 0.1) is 4.90 Å². The fourth-order valence-corrected chi connectivity index (χ4v) is 6.62. The van der Waals surface area contributed by atoms with Crippen molar-refractivity contribution in [3.8, 4) is 22.6 Å². The molecule has 0 heterocycles. The molecule has 2 aliphatic carbocycles. The first-order valence-corrected chi connectivity index (χ1v) is 11.4. The molecule has 0 radical (unpaired) electrons. The molecule has 4 nitrogen and oxygen atoms in total. The van der Waals surface area contributed by atoms with Gasteiger partial charge in [0.15, 0.2) is 0 Å². The Morgan fingerprint density at radius 1 is 0.828 bits per heavy atom. The largest absolute Gasteiger partial charge is 0.507 e. The van der Waals surface area contributed by atoms with Crippen LogP contribution in [0.4, 0.5) is 0 Å². The lowest BCUT2D eigenvalue weighted by atomic mass is 9.87. The number of phenolic OH excluding ortho intramolecular Hbond substituents is 2. The van der Waals surface area contributed by atoms with Crippen LogP contribution in [0.25, 0.3) is 11.1 Å². The summed E-state index contributed by atoms with van der Waals surface area (Å²) >= 11 is 0. The Morgan fingerprint density at radius 2 is 1.41 bits per heavy atom. The molecule has 29 heavy (non-hydrogen) atoms. The molecule has 3 aromatic carbocycles. The molecule has 0 spiro atoms. The molecule has 1 saturated carbocycles. The fraction of sp³-hybridized carbons (Fsp3) is 0.250. The Kier molecular flexibility index (Phi) is 4.00. The van der Waals surface area contributed by atoms with Gasteiger partial charge in [-0.1, -0.05) is 48.0 Å². The van der Waals surface area contributed by atoms with E-state index in [9.17, 15) is 18.6 Å². The molecule has 1 fully saturated rings. The van der Waals surface area contributed by atoms with Crippen LogP contribution in [0.1, 0.15) is 47.8 Å². The number of aryl methyl sites for hydroxylation is 1. The van der Waals surface area contributed by atoms with Gasteiger partial charge in [0.1, 0.15) is 16.4 Å². The number of phenols is 2. The number of hydrogen-bond acceptors (Lipinski definition) is 4. The highest BCUT2D eigenvalue weighted by molar-refractivity contribution is 7.91. The van der Waals surface area contributed by atoms with Crippen molar-refractivity contribution < 1.29 is 18.6 Å². The molecule has 0 aromatic heterocycles. The van der Waals surface area contributed by atoms with E-state index >= 15 is 0 Å². The Balaban J connectivity index is 1.87. The Bertz CT molecular complexity index is 1210. The zero-order valence-corrected chi connectivity index (χ0v) is 16.9. The van der Waals surface area contributed by atoms with Crippen molar-refractivity contribution in [3.05, 3.63) is 71.3 Å². The third-order valence-electron chi connectivity index (χ3n) is 6.39. The summed E-state index contributed by atoms with van der Waals surface area (Å²) in [5.74, 6) is 0.100. The third-order valence-corrected chi connectivity index (χ3v) is 8.22. The van der Waals surface area contributed by atoms with Gasteiger partial charge >= 0.3 is 0 Å². The topological polar surface area (TPSA) is 74.6 Å². The third kappa shape index (κ3) is 2.60. The van der Waals surface area contributed by atoms with Gasteiger partial charge in [-0.2, -0.15) is 0 Å². The van der Waals surface area contributed by atoms with Gasteiger partial charge in [-0.05, 0) is 55.7 Å². The minimum Gasteiger partial charge on any atom is -0.507 e. The SMILES string of the molecule is Cc1ccc(S(=O)(=O)c2c(O)c3c(c(O)c2-c2ccccc2)[C@H]2CC[C@@H]3C2)cc1. The minimum atomic E-state index is -4.04. The van der Waals surface area contributed by atoms with Gasteiger partial charge < -0.3 is 10.2 Å². The normalized spacial score (nSPS) is 20.0. The molecule has 0 saturated heterocycles. The molecular weight excluding hydrogens is 384 g/mol. The number of rotatable bonds is 3. The molecule has 2 atom stereocenters. The van der Waals surface area contributed by atoms with Crippen LogP contribution in [0, 0.1) is 6.92 Å². The van der Waals surface area contributed by atoms with Gasteiger partial charge in [-0.25, -0.2) is 8.42 Å². The van der Waals surface area contributed by atoms with Gasteiger partial charge in [0, 0.05) is 16.7 Å². The lowest BCUT2D eigenvalue weighted by Crippen LogP contribution is -2.09. The Labute approximate surface area is 170 Å². The Morgan fingerprint density at radius 3 is 2.03 bits per heavy atom. The molecular formula is C24H22O4S. The highest BCUT2D eigenvalue weighted by Crippen LogP contribution is 2.62. The molecule has 5 heteroatoms. The van der Waals surface area contributed by atoms with Crippen molar-refractivity contribution >= 4 is 9.84 Å². The average Bonchev–Trinajstić information content (AvgIpc) is 3.33. The van der Waals surface area contributed by atoms with Crippen LogP contribution >= 0.6 is 0 Å². The first kappa shape index (κ1) is 18.3. The maximum absolute atomic E-state index is 13.6. The van der Waals surface area contributed by atoms with Crippen LogP contribution in [0.3, 0.4) is 0 Å². The molecule has 2 bridgehead atoms. The summed E-state index contributed by atoms with van der Waals surface area (Å²) in [4.78, 5) is -0.0746. The Hall–Kier alpha value is -2.79. The molecule has 148 valence electrons. The summed E-state index contributed by atoms with van der Waals surface area (Å²) in [5.41, 5.74) is 3.10. The van der Waals surface area contributed by atoms with Crippen LogP contribution in [-0.2, 0) is 9.84 Å². The summed E-state index contributed by atoms with van der Waals surface area (Å²) in [5, 5.41) is 22.5. The second-order valence-electron chi connectivity index (χ2n) is 8.12. The lowest BCUT2D eigenvalue weighted by Gasteiger charge is -2.24. The number of fused-ring (bicyclic) bond motifs is 5. The first-order chi connectivity index (χ1) is 13.9. The zero-order valence-electron chi connectivity index (χ0n) is 16.1. The smallest absolute Gasteiger partial charge is 0.211 e. The van der Waals surface area contributed by atoms with E-state index in [0.29, 0.717) is 11.1 Å². The number of hydrogen-bond donors (Lipinski definition) is 2. The van der Waals surface area contributed by atoms with Crippen molar-refractivity contribution in [2.45, 2.75) is 47.8 Å². The fourth-order valence-electron chi connectivity index (χ4n) is 5.04. The van der Waals surface area contributed by atoms with Crippen molar-refractivity contribution in [2.24, 2.45) is 0 Å². The molecule has 0 amide bonds. The van der Waals surface area contributed by atoms with Gasteiger partial charge in [0.2, 0.25) is 9.84 Å². The molecule has 0 unspecified atom stereocenters. The molecule has 5 rings (SSSR count). The van der Waals surface area contributed by atoms with Gasteiger partial charge in [-0.3, -0.25) is 0 Å². The second-order valence-corrected chi connectivity index (χ2v) is 10.0. The van der Waals surface area contributed by atoms with Crippen LogP contribution in [-0.4, -0.2) is 18.6 Å². The lowest BCUT2D eigenvalue weighted by molar-refractivity contribution is 0.430. The predicted molar refractivity (Wildman–Crippen MR) is 111 cm³/mol. The maximum atomic E-state index is 13.6. The summed E-state index contributed by atoms with van der Waals surface area (Å²) < 4.78 is 27.3. The van der Waals surface area contributed by atoms with E-state index in [1.54, 1.807) is 48.5 Å². The van der Waals surface area contributed by atoms with Gasteiger partial charge in [-0.15, -0.1) is 0 Å². The van der Waals surface area contributed by atoms with Crippen LogP contribution < -0.4 is 0 Å². The standard InChI is InChI=1S/C24H22O4S/c1-14-7-11-18(12-8-14)29(27,28)24-21(15-5-3-2-4-6-15)22(25)19-16-9-10-17(13-16)20(19)23(24)26/h2-8,11-12,16-17,25-26H,9-10,13H2,1H3/t16-,17+/m0/s1. The number of benzene rings is 3. The summed E-state index contributed by atoms with van der Waals surface area (Å²) in [6.07, 6.45) is 2.74. The van der Waals surface area contributed by atoms with E-state index in [1.807, 2.05) is 13.0 Å². The van der Waals surface area contributed by atoms with E-state index in [2.05, 4.69) is 0 Å². The van der Waals surface area contributed by atoms with Crippen LogP contribution in [0.5, 0.6) is 11.5 Å². The van der Waals surface area contributed by atoms with Crippen molar-refractivity contribution in [2.75, 3.05) is 0 Å². The highest BCUT2D eigenvalue weighted by atomic mass is 32.2. The van der Waals surface area contributed by atoms with Crippen LogP contribution in [0.15, 0.2) is 64.4 Å². The van der Waals surface area contributed by atoms with E-state index < -0.39 is 9.84 Å². The molecule has 2 N–H and O–H groups in total.